The number of benzene rings is 1. The van der Waals surface area contributed by atoms with Gasteiger partial charge in [-0.05, 0) is 18.6 Å². The number of hydrogen-bond acceptors (Lipinski definition) is 8. The molecule has 13 heteroatoms. The topological polar surface area (TPSA) is 129 Å². The van der Waals surface area contributed by atoms with Crippen LogP contribution in [0.2, 0.25) is 10.0 Å². The molecule has 0 spiro atoms. The number of carbonyl (C=O) groups is 1. The van der Waals surface area contributed by atoms with Crippen LogP contribution in [0.5, 0.6) is 11.5 Å². The van der Waals surface area contributed by atoms with Gasteiger partial charge in [-0.25, -0.2) is 9.98 Å². The first kappa shape index (κ1) is 28.2. The first-order valence-corrected chi connectivity index (χ1v) is 13.5. The molecule has 1 unspecified atom stereocenters. The molecule has 3 aromatic rings. The molecule has 1 amide bonds. The Morgan fingerprint density at radius 1 is 1.23 bits per heavy atom. The van der Waals surface area contributed by atoms with Crippen molar-refractivity contribution >= 4 is 40.1 Å². The molecule has 2 aromatic heterocycles. The molecular formula is C27H29Cl2N5O6. The predicted molar refractivity (Wildman–Crippen MR) is 150 cm³/mol. The number of methoxy groups -OCH3 is 2. The molecule has 11 nitrogen and oxygen atoms in total. The summed E-state index contributed by atoms with van der Waals surface area (Å²) in [5.74, 6) is 0.536. The summed E-state index contributed by atoms with van der Waals surface area (Å²) in [5, 5.41) is 3.86. The van der Waals surface area contributed by atoms with Gasteiger partial charge in [-0.15, -0.1) is 0 Å². The van der Waals surface area contributed by atoms with Crippen LogP contribution in [0, 0.1) is 5.92 Å². The van der Waals surface area contributed by atoms with E-state index in [9.17, 15) is 9.59 Å². The second kappa shape index (κ2) is 12.0. The Labute approximate surface area is 239 Å². The van der Waals surface area contributed by atoms with Crippen LogP contribution in [0.15, 0.2) is 40.8 Å². The van der Waals surface area contributed by atoms with Crippen molar-refractivity contribution in [2.75, 3.05) is 40.6 Å². The van der Waals surface area contributed by atoms with Crippen LogP contribution in [0.25, 0.3) is 22.2 Å². The Balaban J connectivity index is 1.67. The maximum absolute atomic E-state index is 13.6. The molecule has 5 rings (SSSR count). The van der Waals surface area contributed by atoms with Crippen LogP contribution in [0.1, 0.15) is 6.42 Å². The number of aromatic nitrogens is 3. The highest BCUT2D eigenvalue weighted by Gasteiger charge is 2.29. The Hall–Kier alpha value is -3.38. The monoisotopic (exact) mass is 589 g/mol. The Kier molecular flexibility index (Phi) is 8.46. The van der Waals surface area contributed by atoms with Crippen molar-refractivity contribution in [3.8, 4) is 22.6 Å². The van der Waals surface area contributed by atoms with Crippen LogP contribution in [-0.2, 0) is 20.8 Å². The Morgan fingerprint density at radius 3 is 2.62 bits per heavy atom. The minimum Gasteiger partial charge on any atom is -0.495 e. The maximum Gasteiger partial charge on any atom is 0.257 e. The number of H-pyrrole nitrogens is 1. The normalized spacial score (nSPS) is 21.1. The number of fused-ring (bicyclic) bond motifs is 1. The standard InChI is InChI=1S/C27H29Cl2N5O6/c1-4-21(35)31-17-12-40-13-18(17)32-27-30-9-15-7-16(22-23(28)19(37-2)8-20(38-3)24(22)29)26(36)33-25(15)34(27)10-14-5-6-39-11-14/h4,7-9,14,17-18H,1,5-6,10-13H2,2-3H3,(H,31,35)(H,33,36)/t14?,17-,18+/m0/s1. The molecule has 2 fully saturated rings. The second-order valence-corrected chi connectivity index (χ2v) is 10.3. The average molecular weight is 590 g/mol. The second-order valence-electron chi connectivity index (χ2n) is 9.55. The minimum atomic E-state index is -0.416. The number of halogens is 2. The molecule has 2 aliphatic rings. The van der Waals surface area contributed by atoms with Crippen molar-refractivity contribution in [1.29, 1.82) is 0 Å². The number of amides is 1. The van der Waals surface area contributed by atoms with E-state index in [2.05, 4.69) is 21.9 Å². The number of aromatic amines is 1. The molecule has 40 heavy (non-hydrogen) atoms. The lowest BCUT2D eigenvalue weighted by Crippen LogP contribution is -2.43. The predicted octanol–water partition coefficient (Wildman–Crippen LogP) is 2.72. The maximum atomic E-state index is 13.6. The summed E-state index contributed by atoms with van der Waals surface area (Å²) in [6.45, 7) is 5.92. The van der Waals surface area contributed by atoms with Crippen molar-refractivity contribution in [2.24, 2.45) is 10.9 Å². The SMILES string of the molecule is C=CC(=O)N[C@H]1COC[C@H]1N=c1ncc2cc(-c3c(Cl)c(OC)cc(OC)c3Cl)c(=O)[nH]c2n1CC1CCOC1. The molecule has 2 aliphatic heterocycles. The van der Waals surface area contributed by atoms with Crippen LogP contribution >= 0.6 is 23.2 Å². The van der Waals surface area contributed by atoms with Gasteiger partial charge in [0.05, 0.1) is 61.7 Å². The minimum absolute atomic E-state index is 0.183. The van der Waals surface area contributed by atoms with Crippen LogP contribution in [0.3, 0.4) is 0 Å². The van der Waals surface area contributed by atoms with E-state index in [4.69, 9.17) is 47.1 Å². The number of nitrogens with zero attached hydrogens (tertiary/aromatic N) is 3. The van der Waals surface area contributed by atoms with E-state index in [0.29, 0.717) is 61.1 Å². The van der Waals surface area contributed by atoms with Gasteiger partial charge >= 0.3 is 0 Å². The zero-order valence-electron chi connectivity index (χ0n) is 22.0. The third-order valence-electron chi connectivity index (χ3n) is 7.03. The van der Waals surface area contributed by atoms with Crippen LogP contribution < -0.4 is 26.0 Å². The summed E-state index contributed by atoms with van der Waals surface area (Å²) in [7, 11) is 2.94. The third kappa shape index (κ3) is 5.46. The van der Waals surface area contributed by atoms with Gasteiger partial charge in [0, 0.05) is 42.3 Å². The van der Waals surface area contributed by atoms with E-state index < -0.39 is 5.56 Å². The number of hydrogen-bond donors (Lipinski definition) is 2. The number of nitrogens with one attached hydrogen (secondary N) is 2. The fraction of sp³-hybridized carbons (Fsp3) is 0.407. The van der Waals surface area contributed by atoms with Crippen molar-refractivity contribution in [3.05, 3.63) is 57.0 Å². The first-order valence-electron chi connectivity index (χ1n) is 12.7. The first-order chi connectivity index (χ1) is 19.3. The van der Waals surface area contributed by atoms with E-state index >= 15 is 0 Å². The lowest BCUT2D eigenvalue weighted by atomic mass is 10.0. The number of rotatable bonds is 8. The van der Waals surface area contributed by atoms with Crippen molar-refractivity contribution in [2.45, 2.75) is 25.0 Å². The van der Waals surface area contributed by atoms with Gasteiger partial charge in [0.15, 0.2) is 0 Å². The van der Waals surface area contributed by atoms with Gasteiger partial charge in [0.2, 0.25) is 11.5 Å². The molecule has 2 saturated heterocycles. The fourth-order valence-corrected chi connectivity index (χ4v) is 5.63. The molecule has 212 valence electrons. The molecule has 2 N–H and O–H groups in total. The number of pyridine rings is 1. The smallest absolute Gasteiger partial charge is 0.257 e. The summed E-state index contributed by atoms with van der Waals surface area (Å²) in [6, 6.07) is 2.55. The van der Waals surface area contributed by atoms with E-state index in [1.54, 1.807) is 18.3 Å². The molecule has 0 bridgehead atoms. The lowest BCUT2D eigenvalue weighted by Gasteiger charge is -2.18. The Morgan fingerprint density at radius 2 is 1.98 bits per heavy atom. The van der Waals surface area contributed by atoms with Gasteiger partial charge in [0.1, 0.15) is 17.1 Å². The van der Waals surface area contributed by atoms with E-state index in [-0.39, 0.29) is 45.1 Å². The molecule has 0 aliphatic carbocycles. The van der Waals surface area contributed by atoms with Crippen molar-refractivity contribution in [3.63, 3.8) is 0 Å². The van der Waals surface area contributed by atoms with E-state index in [1.165, 1.54) is 20.3 Å². The van der Waals surface area contributed by atoms with Crippen molar-refractivity contribution in [1.82, 2.24) is 19.9 Å². The molecule has 3 atom stereocenters. The van der Waals surface area contributed by atoms with Gasteiger partial charge in [-0.1, -0.05) is 29.8 Å². The van der Waals surface area contributed by atoms with E-state index in [1.807, 2.05) is 4.57 Å². The summed E-state index contributed by atoms with van der Waals surface area (Å²) in [4.78, 5) is 38.0. The zero-order chi connectivity index (χ0) is 28.4. The molecular weight excluding hydrogens is 561 g/mol. The summed E-state index contributed by atoms with van der Waals surface area (Å²) >= 11 is 13.2. The summed E-state index contributed by atoms with van der Waals surface area (Å²) in [5.41, 5.74) is 1.03. The van der Waals surface area contributed by atoms with Crippen LogP contribution in [0.4, 0.5) is 0 Å². The molecule has 1 aromatic carbocycles. The van der Waals surface area contributed by atoms with Crippen LogP contribution in [-0.4, -0.2) is 73.2 Å². The number of carbonyl (C=O) groups excluding carboxylic acids is 1. The molecule has 4 heterocycles. The fourth-order valence-electron chi connectivity index (χ4n) is 4.92. The highest BCUT2D eigenvalue weighted by atomic mass is 35.5. The third-order valence-corrected chi connectivity index (χ3v) is 7.78. The zero-order valence-corrected chi connectivity index (χ0v) is 23.6. The molecule has 0 radical (unpaired) electrons. The summed E-state index contributed by atoms with van der Waals surface area (Å²) in [6.07, 6.45) is 3.70. The van der Waals surface area contributed by atoms with Gasteiger partial charge in [-0.2, -0.15) is 0 Å². The highest BCUT2D eigenvalue weighted by molar-refractivity contribution is 6.41. The van der Waals surface area contributed by atoms with Gasteiger partial charge in [0.25, 0.3) is 5.56 Å². The quantitative estimate of drug-likeness (QED) is 0.386. The largest absolute Gasteiger partial charge is 0.495 e. The van der Waals surface area contributed by atoms with E-state index in [0.717, 1.165) is 6.42 Å². The van der Waals surface area contributed by atoms with Gasteiger partial charge < -0.3 is 29.2 Å². The van der Waals surface area contributed by atoms with Crippen molar-refractivity contribution < 1.29 is 23.7 Å². The van der Waals surface area contributed by atoms with Gasteiger partial charge in [-0.3, -0.25) is 14.2 Å². The highest BCUT2D eigenvalue weighted by Crippen LogP contribution is 2.45. The lowest BCUT2D eigenvalue weighted by molar-refractivity contribution is -0.117. The molecule has 0 saturated carbocycles. The summed E-state index contributed by atoms with van der Waals surface area (Å²) < 4.78 is 23.8. The number of ether oxygens (including phenoxy) is 4. The average Bonchev–Trinajstić information content (AvgIpc) is 3.63. The Bertz CT molecular complexity index is 1550.